The van der Waals surface area contributed by atoms with E-state index >= 15 is 0 Å². The third-order valence-corrected chi connectivity index (χ3v) is 4.27. The molecule has 18 heavy (non-hydrogen) atoms. The Morgan fingerprint density at radius 2 is 2.06 bits per heavy atom. The molecule has 1 aliphatic rings. The van der Waals surface area contributed by atoms with Gasteiger partial charge >= 0.3 is 0 Å². The summed E-state index contributed by atoms with van der Waals surface area (Å²) in [4.78, 5) is 4.51. The van der Waals surface area contributed by atoms with Crippen molar-refractivity contribution in [3.63, 3.8) is 0 Å². The van der Waals surface area contributed by atoms with Gasteiger partial charge in [0.15, 0.2) is 0 Å². The molecule has 0 bridgehead atoms. The highest BCUT2D eigenvalue weighted by molar-refractivity contribution is 5.82. The third kappa shape index (κ3) is 2.01. The number of rotatable bonds is 2. The molecule has 2 N–H and O–H groups in total. The van der Waals surface area contributed by atoms with E-state index in [4.69, 9.17) is 5.73 Å². The highest BCUT2D eigenvalue weighted by Crippen LogP contribution is 2.38. The van der Waals surface area contributed by atoms with Gasteiger partial charge in [-0.2, -0.15) is 0 Å². The molecule has 0 aliphatic heterocycles. The first-order chi connectivity index (χ1) is 8.75. The zero-order chi connectivity index (χ0) is 12.5. The minimum Gasteiger partial charge on any atom is -0.324 e. The van der Waals surface area contributed by atoms with Gasteiger partial charge in [0, 0.05) is 17.6 Å². The first kappa shape index (κ1) is 11.7. The maximum absolute atomic E-state index is 6.49. The van der Waals surface area contributed by atoms with Crippen LogP contribution in [0, 0.1) is 11.8 Å². The number of nitrogens with zero attached hydrogens (tertiary/aromatic N) is 1. The Morgan fingerprint density at radius 3 is 2.83 bits per heavy atom. The van der Waals surface area contributed by atoms with Gasteiger partial charge in [0.2, 0.25) is 0 Å². The molecule has 0 radical (unpaired) electrons. The highest BCUT2D eigenvalue weighted by atomic mass is 14.7. The average Bonchev–Trinajstić information content (AvgIpc) is 2.84. The molecule has 3 rings (SSSR count). The van der Waals surface area contributed by atoms with Gasteiger partial charge in [0.1, 0.15) is 0 Å². The lowest BCUT2D eigenvalue weighted by Gasteiger charge is -2.20. The van der Waals surface area contributed by atoms with Crippen LogP contribution in [-0.2, 0) is 0 Å². The van der Waals surface area contributed by atoms with Crippen LogP contribution in [0.5, 0.6) is 0 Å². The molecule has 0 amide bonds. The van der Waals surface area contributed by atoms with Crippen LogP contribution in [0.4, 0.5) is 0 Å². The summed E-state index contributed by atoms with van der Waals surface area (Å²) in [6.07, 6.45) is 5.68. The van der Waals surface area contributed by atoms with Gasteiger partial charge < -0.3 is 5.73 Å². The second-order valence-corrected chi connectivity index (χ2v) is 5.63. The van der Waals surface area contributed by atoms with Crippen LogP contribution < -0.4 is 5.73 Å². The van der Waals surface area contributed by atoms with E-state index in [0.717, 1.165) is 11.4 Å². The number of pyridine rings is 1. The quantitative estimate of drug-likeness (QED) is 0.869. The van der Waals surface area contributed by atoms with Gasteiger partial charge in [-0.05, 0) is 36.3 Å². The van der Waals surface area contributed by atoms with Gasteiger partial charge in [0.25, 0.3) is 0 Å². The smallest absolute Gasteiger partial charge is 0.0749 e. The van der Waals surface area contributed by atoms with Gasteiger partial charge in [-0.3, -0.25) is 4.98 Å². The van der Waals surface area contributed by atoms with E-state index in [1.54, 1.807) is 0 Å². The molecule has 1 saturated carbocycles. The van der Waals surface area contributed by atoms with Gasteiger partial charge in [0.05, 0.1) is 5.52 Å². The Bertz CT molecular complexity index is 544. The lowest BCUT2D eigenvalue weighted by molar-refractivity contribution is 0.430. The van der Waals surface area contributed by atoms with Crippen molar-refractivity contribution in [2.75, 3.05) is 0 Å². The van der Waals surface area contributed by atoms with Crippen LogP contribution in [0.2, 0.25) is 0 Å². The maximum atomic E-state index is 6.49. The average molecular weight is 240 g/mol. The zero-order valence-corrected chi connectivity index (χ0v) is 10.8. The van der Waals surface area contributed by atoms with Crippen LogP contribution in [0.15, 0.2) is 36.5 Å². The molecule has 1 aromatic heterocycles. The monoisotopic (exact) mass is 240 g/mol. The molecule has 2 heteroatoms. The van der Waals surface area contributed by atoms with Crippen molar-refractivity contribution >= 4 is 10.9 Å². The largest absolute Gasteiger partial charge is 0.324 e. The first-order valence-electron chi connectivity index (χ1n) is 6.85. The predicted molar refractivity (Wildman–Crippen MR) is 75.2 cm³/mol. The van der Waals surface area contributed by atoms with Crippen molar-refractivity contribution in [1.82, 2.24) is 4.98 Å². The number of hydrogen-bond donors (Lipinski definition) is 1. The van der Waals surface area contributed by atoms with Crippen molar-refractivity contribution in [2.24, 2.45) is 17.6 Å². The molecule has 1 heterocycles. The summed E-state index contributed by atoms with van der Waals surface area (Å²) >= 11 is 0. The zero-order valence-electron chi connectivity index (χ0n) is 10.8. The molecule has 0 spiro atoms. The van der Waals surface area contributed by atoms with Crippen LogP contribution in [0.3, 0.4) is 0 Å². The van der Waals surface area contributed by atoms with E-state index in [0.29, 0.717) is 5.92 Å². The lowest BCUT2D eigenvalue weighted by Crippen LogP contribution is -2.20. The molecule has 1 aromatic carbocycles. The van der Waals surface area contributed by atoms with Crippen molar-refractivity contribution in [3.05, 3.63) is 42.1 Å². The summed E-state index contributed by atoms with van der Waals surface area (Å²) in [6.45, 7) is 2.33. The number of nitrogens with two attached hydrogens (primary N) is 1. The topological polar surface area (TPSA) is 38.9 Å². The molecular weight excluding hydrogens is 220 g/mol. The Kier molecular flexibility index (Phi) is 3.04. The molecule has 2 aromatic rings. The fraction of sp³-hybridized carbons (Fsp3) is 0.438. The molecule has 1 fully saturated rings. The van der Waals surface area contributed by atoms with Gasteiger partial charge in [-0.1, -0.05) is 37.6 Å². The summed E-state index contributed by atoms with van der Waals surface area (Å²) in [5, 5.41) is 1.19. The first-order valence-corrected chi connectivity index (χ1v) is 6.85. The van der Waals surface area contributed by atoms with Crippen molar-refractivity contribution < 1.29 is 0 Å². The maximum Gasteiger partial charge on any atom is 0.0749 e. The van der Waals surface area contributed by atoms with Crippen LogP contribution in [0.1, 0.15) is 37.8 Å². The fourth-order valence-electron chi connectivity index (χ4n) is 3.23. The van der Waals surface area contributed by atoms with Crippen LogP contribution >= 0.6 is 0 Å². The van der Waals surface area contributed by atoms with Crippen molar-refractivity contribution in [3.8, 4) is 0 Å². The van der Waals surface area contributed by atoms with Crippen LogP contribution in [0.25, 0.3) is 10.9 Å². The Labute approximate surface area is 108 Å². The van der Waals surface area contributed by atoms with Crippen molar-refractivity contribution in [1.29, 1.82) is 0 Å². The molecular formula is C16H20N2. The highest BCUT2D eigenvalue weighted by Gasteiger charge is 2.28. The Balaban J connectivity index is 1.98. The Morgan fingerprint density at radius 1 is 1.22 bits per heavy atom. The summed E-state index contributed by atoms with van der Waals surface area (Å²) in [7, 11) is 0. The molecule has 3 atom stereocenters. The minimum atomic E-state index is 0.133. The number of aromatic nitrogens is 1. The number of para-hydroxylation sites is 1. The number of hydrogen-bond acceptors (Lipinski definition) is 2. The SMILES string of the molecule is CC1CCC(C(N)c2cccc3cccnc23)C1. The standard InChI is InChI=1S/C16H20N2/c1-11-7-8-13(10-11)15(17)14-6-2-4-12-5-3-9-18-16(12)14/h2-6,9,11,13,15H,7-8,10,17H2,1H3. The van der Waals surface area contributed by atoms with Crippen LogP contribution in [-0.4, -0.2) is 4.98 Å². The van der Waals surface area contributed by atoms with E-state index < -0.39 is 0 Å². The summed E-state index contributed by atoms with van der Waals surface area (Å²) < 4.78 is 0. The van der Waals surface area contributed by atoms with E-state index in [-0.39, 0.29) is 6.04 Å². The van der Waals surface area contributed by atoms with E-state index in [1.165, 1.54) is 30.2 Å². The summed E-state index contributed by atoms with van der Waals surface area (Å²) in [5.41, 5.74) is 8.78. The summed E-state index contributed by atoms with van der Waals surface area (Å²) in [5.74, 6) is 1.44. The fourth-order valence-corrected chi connectivity index (χ4v) is 3.23. The molecule has 1 aliphatic carbocycles. The number of benzene rings is 1. The number of fused-ring (bicyclic) bond motifs is 1. The second-order valence-electron chi connectivity index (χ2n) is 5.63. The van der Waals surface area contributed by atoms with Gasteiger partial charge in [-0.15, -0.1) is 0 Å². The lowest BCUT2D eigenvalue weighted by atomic mass is 9.90. The second kappa shape index (κ2) is 4.69. The molecule has 0 saturated heterocycles. The summed E-state index contributed by atoms with van der Waals surface area (Å²) in [6, 6.07) is 10.6. The predicted octanol–water partition coefficient (Wildman–Crippen LogP) is 3.67. The van der Waals surface area contributed by atoms with E-state index in [1.807, 2.05) is 12.3 Å². The third-order valence-electron chi connectivity index (χ3n) is 4.27. The molecule has 94 valence electrons. The Hall–Kier alpha value is -1.41. The molecule has 3 unspecified atom stereocenters. The minimum absolute atomic E-state index is 0.133. The van der Waals surface area contributed by atoms with E-state index in [9.17, 15) is 0 Å². The van der Waals surface area contributed by atoms with E-state index in [2.05, 4.69) is 36.2 Å². The normalized spacial score (nSPS) is 25.4. The van der Waals surface area contributed by atoms with Gasteiger partial charge in [-0.25, -0.2) is 0 Å². The van der Waals surface area contributed by atoms with Crippen molar-refractivity contribution in [2.45, 2.75) is 32.2 Å². The molecule has 2 nitrogen and oxygen atoms in total.